The van der Waals surface area contributed by atoms with Gasteiger partial charge in [0, 0.05) is 5.69 Å². The van der Waals surface area contributed by atoms with Crippen LogP contribution in [0, 0.1) is 13.8 Å². The molecule has 0 atom stereocenters. The van der Waals surface area contributed by atoms with Crippen LogP contribution in [0.4, 0.5) is 5.69 Å². The summed E-state index contributed by atoms with van der Waals surface area (Å²) in [7, 11) is 0. The minimum absolute atomic E-state index is 0.167. The van der Waals surface area contributed by atoms with Crippen LogP contribution < -0.4 is 5.73 Å². The van der Waals surface area contributed by atoms with Crippen LogP contribution in [-0.4, -0.2) is 11.6 Å². The van der Waals surface area contributed by atoms with Gasteiger partial charge in [-0.3, -0.25) is 0 Å². The molecule has 0 aliphatic carbocycles. The number of nitrogen functional groups attached to an aromatic ring is 1. The molecule has 3 heteroatoms. The molecule has 1 aromatic rings. The number of carbonyl (C=O) groups is 2. The first-order valence-corrected chi connectivity index (χ1v) is 5.43. The number of rotatable bonds is 0. The minimum atomic E-state index is 0.167. The van der Waals surface area contributed by atoms with Crippen LogP contribution in [0.15, 0.2) is 18.2 Å². The SMILES string of the molecule is CC(C)=O.CC(C)=O.Cc1cc(C)cc(N)c1. The van der Waals surface area contributed by atoms with Crippen LogP contribution in [0.25, 0.3) is 0 Å². The van der Waals surface area contributed by atoms with E-state index in [1.165, 1.54) is 38.8 Å². The van der Waals surface area contributed by atoms with Crippen molar-refractivity contribution in [2.75, 3.05) is 5.73 Å². The summed E-state index contributed by atoms with van der Waals surface area (Å²) < 4.78 is 0. The summed E-state index contributed by atoms with van der Waals surface area (Å²) >= 11 is 0. The molecule has 2 N–H and O–H groups in total. The molecule has 0 unspecified atom stereocenters. The molecule has 0 saturated carbocycles. The summed E-state index contributed by atoms with van der Waals surface area (Å²) in [5.74, 6) is 0.333. The largest absolute Gasteiger partial charge is 0.399 e. The minimum Gasteiger partial charge on any atom is -0.399 e. The highest BCUT2D eigenvalue weighted by atomic mass is 16.1. The topological polar surface area (TPSA) is 60.2 Å². The van der Waals surface area contributed by atoms with Crippen molar-refractivity contribution in [2.45, 2.75) is 41.5 Å². The van der Waals surface area contributed by atoms with Gasteiger partial charge in [0.05, 0.1) is 0 Å². The fraction of sp³-hybridized carbons (Fsp3) is 0.429. The second-order valence-corrected chi connectivity index (χ2v) is 4.24. The van der Waals surface area contributed by atoms with E-state index in [2.05, 4.69) is 6.07 Å². The third-order valence-corrected chi connectivity index (χ3v) is 1.24. The van der Waals surface area contributed by atoms with E-state index in [9.17, 15) is 9.59 Å². The third kappa shape index (κ3) is 20.4. The maximum Gasteiger partial charge on any atom is 0.126 e. The molecule has 96 valence electrons. The molecule has 0 spiro atoms. The molecular weight excluding hydrogens is 214 g/mol. The summed E-state index contributed by atoms with van der Waals surface area (Å²) in [6.45, 7) is 10.2. The van der Waals surface area contributed by atoms with Crippen molar-refractivity contribution in [3.63, 3.8) is 0 Å². The second kappa shape index (κ2) is 9.58. The monoisotopic (exact) mass is 237 g/mol. The fourth-order valence-corrected chi connectivity index (χ4v) is 1.01. The number of nitrogens with two attached hydrogens (primary N) is 1. The Hall–Kier alpha value is -1.64. The standard InChI is InChI=1S/C8H11N.2C3H6O/c1-6-3-7(2)5-8(9)4-6;2*1-3(2)4/h3-5H,9H2,1-2H3;2*1-2H3. The first kappa shape index (κ1) is 17.7. The van der Waals surface area contributed by atoms with Crippen molar-refractivity contribution in [3.8, 4) is 0 Å². The van der Waals surface area contributed by atoms with Crippen LogP contribution in [-0.2, 0) is 9.59 Å². The molecule has 1 rings (SSSR count). The Balaban J connectivity index is 0. The van der Waals surface area contributed by atoms with E-state index in [0.29, 0.717) is 0 Å². The highest BCUT2D eigenvalue weighted by Gasteiger charge is 1.87. The van der Waals surface area contributed by atoms with Gasteiger partial charge in [-0.2, -0.15) is 0 Å². The normalized spacial score (nSPS) is 8.12. The van der Waals surface area contributed by atoms with Crippen LogP contribution in [0.3, 0.4) is 0 Å². The van der Waals surface area contributed by atoms with Gasteiger partial charge in [-0.15, -0.1) is 0 Å². The Bertz CT molecular complexity index is 300. The summed E-state index contributed by atoms with van der Waals surface area (Å²) in [6.07, 6.45) is 0. The summed E-state index contributed by atoms with van der Waals surface area (Å²) in [5, 5.41) is 0. The fourth-order valence-electron chi connectivity index (χ4n) is 1.01. The van der Waals surface area contributed by atoms with Gasteiger partial charge in [0.25, 0.3) is 0 Å². The number of carbonyl (C=O) groups excluding carboxylic acids is 2. The Morgan fingerprint density at radius 1 is 0.824 bits per heavy atom. The van der Waals surface area contributed by atoms with Crippen molar-refractivity contribution in [3.05, 3.63) is 29.3 Å². The third-order valence-electron chi connectivity index (χ3n) is 1.24. The highest BCUT2D eigenvalue weighted by Crippen LogP contribution is 2.08. The van der Waals surface area contributed by atoms with E-state index in [0.717, 1.165) is 5.69 Å². The molecule has 1 aromatic carbocycles. The summed E-state index contributed by atoms with van der Waals surface area (Å²) in [6, 6.07) is 6.04. The first-order chi connectivity index (χ1) is 7.65. The maximum atomic E-state index is 9.44. The van der Waals surface area contributed by atoms with Gasteiger partial charge in [0.2, 0.25) is 0 Å². The van der Waals surface area contributed by atoms with Gasteiger partial charge in [0.15, 0.2) is 0 Å². The second-order valence-electron chi connectivity index (χ2n) is 4.24. The van der Waals surface area contributed by atoms with Crippen LogP contribution >= 0.6 is 0 Å². The van der Waals surface area contributed by atoms with Crippen molar-refractivity contribution in [2.24, 2.45) is 0 Å². The molecule has 0 bridgehead atoms. The van der Waals surface area contributed by atoms with Crippen LogP contribution in [0.5, 0.6) is 0 Å². The van der Waals surface area contributed by atoms with Crippen molar-refractivity contribution in [1.82, 2.24) is 0 Å². The molecule has 0 radical (unpaired) electrons. The number of anilines is 1. The smallest absolute Gasteiger partial charge is 0.126 e. The molecule has 0 saturated heterocycles. The average Bonchev–Trinajstić information content (AvgIpc) is 1.96. The Morgan fingerprint density at radius 3 is 1.24 bits per heavy atom. The van der Waals surface area contributed by atoms with Crippen molar-refractivity contribution in [1.29, 1.82) is 0 Å². The molecular formula is C14H23NO2. The van der Waals surface area contributed by atoms with E-state index in [1.807, 2.05) is 26.0 Å². The number of Topliss-reactive ketones (excluding diaryl/α,β-unsaturated/α-hetero) is 2. The van der Waals surface area contributed by atoms with Gasteiger partial charge >= 0.3 is 0 Å². The van der Waals surface area contributed by atoms with Gasteiger partial charge in [-0.1, -0.05) is 6.07 Å². The zero-order chi connectivity index (χ0) is 14.0. The molecule has 0 aliphatic heterocycles. The number of benzene rings is 1. The van der Waals surface area contributed by atoms with Crippen molar-refractivity contribution >= 4 is 17.3 Å². The number of hydrogen-bond donors (Lipinski definition) is 1. The van der Waals surface area contributed by atoms with Crippen LogP contribution in [0.2, 0.25) is 0 Å². The van der Waals surface area contributed by atoms with E-state index < -0.39 is 0 Å². The van der Waals surface area contributed by atoms with Gasteiger partial charge < -0.3 is 15.3 Å². The number of aryl methyl sites for hydroxylation is 2. The lowest BCUT2D eigenvalue weighted by molar-refractivity contribution is -0.115. The van der Waals surface area contributed by atoms with Gasteiger partial charge in [0.1, 0.15) is 11.6 Å². The van der Waals surface area contributed by atoms with Crippen LogP contribution in [0.1, 0.15) is 38.8 Å². The van der Waals surface area contributed by atoms with E-state index in [1.54, 1.807) is 0 Å². The van der Waals surface area contributed by atoms with E-state index in [4.69, 9.17) is 5.73 Å². The zero-order valence-electron chi connectivity index (χ0n) is 11.6. The lowest BCUT2D eigenvalue weighted by Gasteiger charge is -1.97. The highest BCUT2D eigenvalue weighted by molar-refractivity contribution is 5.72. The van der Waals surface area contributed by atoms with E-state index in [-0.39, 0.29) is 11.6 Å². The molecule has 0 aliphatic rings. The maximum absolute atomic E-state index is 9.44. The first-order valence-electron chi connectivity index (χ1n) is 5.43. The quantitative estimate of drug-likeness (QED) is 0.705. The Morgan fingerprint density at radius 2 is 1.06 bits per heavy atom. The molecule has 0 aromatic heterocycles. The molecule has 0 fully saturated rings. The predicted octanol–water partition coefficient (Wildman–Crippen LogP) is 3.08. The predicted molar refractivity (Wildman–Crippen MR) is 73.0 cm³/mol. The number of hydrogen-bond acceptors (Lipinski definition) is 3. The molecule has 0 amide bonds. The lowest BCUT2D eigenvalue weighted by atomic mass is 10.1. The zero-order valence-corrected chi connectivity index (χ0v) is 11.6. The Kier molecular flexibility index (Phi) is 10.00. The molecule has 0 heterocycles. The molecule has 3 nitrogen and oxygen atoms in total. The summed E-state index contributed by atoms with van der Waals surface area (Å²) in [4.78, 5) is 18.9. The molecule has 17 heavy (non-hydrogen) atoms. The average molecular weight is 237 g/mol. The van der Waals surface area contributed by atoms with Crippen molar-refractivity contribution < 1.29 is 9.59 Å². The van der Waals surface area contributed by atoms with Gasteiger partial charge in [-0.25, -0.2) is 0 Å². The Labute approximate surface area is 104 Å². The van der Waals surface area contributed by atoms with Gasteiger partial charge in [-0.05, 0) is 64.8 Å². The lowest BCUT2D eigenvalue weighted by Crippen LogP contribution is -1.86. The van der Waals surface area contributed by atoms with E-state index >= 15 is 0 Å². The number of ketones is 2. The summed E-state index contributed by atoms with van der Waals surface area (Å²) in [5.41, 5.74) is 8.87.